The van der Waals surface area contributed by atoms with Crippen molar-refractivity contribution in [3.05, 3.63) is 66.0 Å². The van der Waals surface area contributed by atoms with Gasteiger partial charge in [-0.3, -0.25) is 4.79 Å². The summed E-state index contributed by atoms with van der Waals surface area (Å²) in [6.45, 7) is 5.33. The van der Waals surface area contributed by atoms with E-state index in [1.54, 1.807) is 13.8 Å². The molecular weight excluding hydrogens is 388 g/mol. The van der Waals surface area contributed by atoms with Crippen molar-refractivity contribution in [3.8, 4) is 11.3 Å². The predicted octanol–water partition coefficient (Wildman–Crippen LogP) is 2.76. The van der Waals surface area contributed by atoms with E-state index in [-0.39, 0.29) is 18.1 Å². The molecule has 10 heteroatoms. The molecule has 0 radical (unpaired) electrons. The molecule has 154 valence electrons. The molecule has 2 N–H and O–H groups in total. The molecular formula is C20H20N6O4. The molecule has 0 atom stereocenters. The first-order valence-corrected chi connectivity index (χ1v) is 9.19. The number of oxazole rings is 2. The van der Waals surface area contributed by atoms with Gasteiger partial charge >= 0.3 is 0 Å². The van der Waals surface area contributed by atoms with Crippen LogP contribution in [0.4, 0.5) is 5.82 Å². The maximum absolute atomic E-state index is 12.7. The van der Waals surface area contributed by atoms with E-state index < -0.39 is 11.5 Å². The van der Waals surface area contributed by atoms with Gasteiger partial charge in [0.2, 0.25) is 5.89 Å². The first-order chi connectivity index (χ1) is 14.3. The van der Waals surface area contributed by atoms with Crippen LogP contribution >= 0.6 is 0 Å². The van der Waals surface area contributed by atoms with Gasteiger partial charge in [0.15, 0.2) is 23.7 Å². The number of carbonyl (C=O) groups is 1. The normalized spacial score (nSPS) is 11.6. The van der Waals surface area contributed by atoms with Gasteiger partial charge < -0.3 is 19.3 Å². The van der Waals surface area contributed by atoms with Crippen LogP contribution in [0.15, 0.2) is 52.0 Å². The number of rotatable bonds is 6. The zero-order valence-corrected chi connectivity index (χ0v) is 16.7. The molecule has 3 heterocycles. The largest absolute Gasteiger partial charge is 0.446 e. The molecule has 30 heavy (non-hydrogen) atoms. The van der Waals surface area contributed by atoms with Crippen LogP contribution in [0.3, 0.4) is 0 Å². The lowest BCUT2D eigenvalue weighted by Gasteiger charge is -2.11. The first-order valence-electron chi connectivity index (χ1n) is 9.19. The average Bonchev–Trinajstić information content (AvgIpc) is 3.42. The van der Waals surface area contributed by atoms with Crippen molar-refractivity contribution in [3.63, 3.8) is 0 Å². The molecule has 1 amide bonds. The predicted molar refractivity (Wildman–Crippen MR) is 106 cm³/mol. The van der Waals surface area contributed by atoms with Crippen LogP contribution in [-0.4, -0.2) is 36.0 Å². The Morgan fingerprint density at radius 3 is 2.87 bits per heavy atom. The lowest BCUT2D eigenvalue weighted by molar-refractivity contribution is 0.0737. The Hall–Kier alpha value is -3.79. The number of nitrogens with one attached hydrogen (secondary N) is 1. The summed E-state index contributed by atoms with van der Waals surface area (Å²) in [5.41, 5.74) is 1.25. The number of carbonyl (C=O) groups excluding carboxylic acids is 1. The van der Waals surface area contributed by atoms with E-state index in [0.717, 1.165) is 11.1 Å². The van der Waals surface area contributed by atoms with E-state index in [1.165, 1.54) is 23.7 Å². The molecule has 10 nitrogen and oxygen atoms in total. The Bertz CT molecular complexity index is 1180. The van der Waals surface area contributed by atoms with Gasteiger partial charge in [-0.25, -0.2) is 9.97 Å². The molecule has 0 aliphatic heterocycles. The molecule has 0 bridgehead atoms. The highest BCUT2D eigenvalue weighted by atomic mass is 16.3. The number of amides is 1. The second kappa shape index (κ2) is 7.56. The Labute approximate surface area is 171 Å². The summed E-state index contributed by atoms with van der Waals surface area (Å²) in [5, 5.41) is 20.9. The molecule has 0 spiro atoms. The number of nitrogens with zero attached hydrogens (tertiary/aromatic N) is 5. The Kier molecular flexibility index (Phi) is 4.92. The molecule has 0 fully saturated rings. The molecule has 1 aromatic carbocycles. The van der Waals surface area contributed by atoms with Crippen molar-refractivity contribution in [2.45, 2.75) is 32.9 Å². The number of hydrogen-bond donors (Lipinski definition) is 2. The smallest absolute Gasteiger partial charge is 0.279 e. The maximum Gasteiger partial charge on any atom is 0.279 e. The highest BCUT2D eigenvalue weighted by molar-refractivity contribution is 6.05. The summed E-state index contributed by atoms with van der Waals surface area (Å²) in [5.74, 6) is 0.488. The third-order valence-corrected chi connectivity index (χ3v) is 4.30. The summed E-state index contributed by atoms with van der Waals surface area (Å²) in [6.07, 6.45) is 4.02. The second-order valence-corrected chi connectivity index (χ2v) is 7.30. The molecule has 4 rings (SSSR count). The van der Waals surface area contributed by atoms with Crippen LogP contribution in [0.5, 0.6) is 0 Å². The SMILES string of the molecule is Cc1cccc(-c2ocnc2C(=O)Nc2cnn(Cc3nc(C(C)(C)O)co3)n2)c1. The third-order valence-electron chi connectivity index (χ3n) is 4.30. The average molecular weight is 408 g/mol. The Balaban J connectivity index is 1.46. The van der Waals surface area contributed by atoms with Gasteiger partial charge in [-0.1, -0.05) is 23.8 Å². The zero-order chi connectivity index (χ0) is 21.3. The second-order valence-electron chi connectivity index (χ2n) is 7.30. The Morgan fingerprint density at radius 1 is 1.30 bits per heavy atom. The molecule has 0 saturated carbocycles. The minimum Gasteiger partial charge on any atom is -0.446 e. The number of anilines is 1. The van der Waals surface area contributed by atoms with E-state index in [4.69, 9.17) is 8.83 Å². The van der Waals surface area contributed by atoms with Crippen LogP contribution < -0.4 is 5.32 Å². The van der Waals surface area contributed by atoms with Crippen LogP contribution in [-0.2, 0) is 12.1 Å². The number of aliphatic hydroxyl groups is 1. The van der Waals surface area contributed by atoms with Gasteiger partial charge in [0.05, 0.1) is 6.20 Å². The molecule has 0 aliphatic carbocycles. The van der Waals surface area contributed by atoms with Crippen molar-refractivity contribution in [2.24, 2.45) is 0 Å². The van der Waals surface area contributed by atoms with Crippen molar-refractivity contribution in [1.29, 1.82) is 0 Å². The fraction of sp³-hybridized carbons (Fsp3) is 0.250. The van der Waals surface area contributed by atoms with E-state index in [9.17, 15) is 9.90 Å². The number of aryl methyl sites for hydroxylation is 1. The minimum atomic E-state index is -1.11. The van der Waals surface area contributed by atoms with Crippen molar-refractivity contribution in [1.82, 2.24) is 25.0 Å². The highest BCUT2D eigenvalue weighted by Gasteiger charge is 2.22. The zero-order valence-electron chi connectivity index (χ0n) is 16.7. The summed E-state index contributed by atoms with van der Waals surface area (Å²) >= 11 is 0. The number of benzene rings is 1. The maximum atomic E-state index is 12.7. The molecule has 0 aliphatic rings. The van der Waals surface area contributed by atoms with Gasteiger partial charge in [-0.2, -0.15) is 9.90 Å². The van der Waals surface area contributed by atoms with Crippen molar-refractivity contribution in [2.75, 3.05) is 5.32 Å². The van der Waals surface area contributed by atoms with Gasteiger partial charge in [-0.05, 0) is 26.8 Å². The Morgan fingerprint density at radius 2 is 2.13 bits per heavy atom. The van der Waals surface area contributed by atoms with E-state index in [0.29, 0.717) is 17.3 Å². The monoisotopic (exact) mass is 408 g/mol. The summed E-state index contributed by atoms with van der Waals surface area (Å²) in [4.78, 5) is 22.2. The van der Waals surface area contributed by atoms with Gasteiger partial charge in [0.1, 0.15) is 24.1 Å². The quantitative estimate of drug-likeness (QED) is 0.498. The van der Waals surface area contributed by atoms with Crippen molar-refractivity contribution < 1.29 is 18.7 Å². The number of hydrogen-bond acceptors (Lipinski definition) is 8. The van der Waals surface area contributed by atoms with Crippen LogP contribution in [0.2, 0.25) is 0 Å². The molecule has 0 saturated heterocycles. The van der Waals surface area contributed by atoms with Crippen LogP contribution in [0.25, 0.3) is 11.3 Å². The van der Waals surface area contributed by atoms with Gasteiger partial charge in [-0.15, -0.1) is 5.10 Å². The highest BCUT2D eigenvalue weighted by Crippen LogP contribution is 2.24. The van der Waals surface area contributed by atoms with E-state index >= 15 is 0 Å². The lowest BCUT2D eigenvalue weighted by Crippen LogP contribution is -2.16. The first kappa shape index (κ1) is 19.5. The topological polar surface area (TPSA) is 132 Å². The van der Waals surface area contributed by atoms with Crippen molar-refractivity contribution >= 4 is 11.7 Å². The van der Waals surface area contributed by atoms with Crippen LogP contribution in [0.1, 0.15) is 41.5 Å². The third kappa shape index (κ3) is 4.13. The van der Waals surface area contributed by atoms with E-state index in [2.05, 4.69) is 25.5 Å². The van der Waals surface area contributed by atoms with Gasteiger partial charge in [0.25, 0.3) is 5.91 Å². The molecule has 3 aromatic heterocycles. The summed E-state index contributed by atoms with van der Waals surface area (Å²) in [6, 6.07) is 7.59. The molecule has 0 unspecified atom stereocenters. The summed E-state index contributed by atoms with van der Waals surface area (Å²) < 4.78 is 10.8. The molecule has 4 aromatic rings. The number of aromatic nitrogens is 5. The fourth-order valence-corrected chi connectivity index (χ4v) is 2.79. The summed E-state index contributed by atoms with van der Waals surface area (Å²) in [7, 11) is 0. The van der Waals surface area contributed by atoms with E-state index in [1.807, 2.05) is 31.2 Å². The fourth-order valence-electron chi connectivity index (χ4n) is 2.79. The van der Waals surface area contributed by atoms with Crippen LogP contribution in [0, 0.1) is 6.92 Å². The lowest BCUT2D eigenvalue weighted by atomic mass is 10.1. The standard InChI is InChI=1S/C20H20N6O4/c1-12-5-4-6-13(7-12)18-17(21-11-30-18)19(27)24-15-8-22-26(25-15)9-16-23-14(10-29-16)20(2,3)28/h4-8,10-11,28H,9H2,1-3H3,(H,24,25,27). The van der Waals surface area contributed by atoms with Gasteiger partial charge in [0, 0.05) is 5.56 Å². The minimum absolute atomic E-state index is 0.143.